The van der Waals surface area contributed by atoms with E-state index in [4.69, 9.17) is 26.8 Å². The van der Waals surface area contributed by atoms with Crippen molar-refractivity contribution in [3.05, 3.63) is 32.7 Å². The number of thiocarbonyl (C=S) groups is 1. The van der Waals surface area contributed by atoms with Crippen molar-refractivity contribution >= 4 is 51.9 Å². The van der Waals surface area contributed by atoms with Crippen molar-refractivity contribution in [2.75, 3.05) is 20.8 Å². The summed E-state index contributed by atoms with van der Waals surface area (Å²) >= 11 is 6.22. The molecule has 1 aromatic rings. The van der Waals surface area contributed by atoms with Crippen molar-refractivity contribution in [2.24, 2.45) is 0 Å². The molecule has 1 heterocycles. The number of carboxylic acids is 1. The molecule has 0 radical (unpaired) electrons. The Kier molecular flexibility index (Phi) is 6.75. The maximum atomic E-state index is 12.5. The van der Waals surface area contributed by atoms with Crippen molar-refractivity contribution in [1.29, 1.82) is 0 Å². The molecule has 0 spiro atoms. The molecule has 144 valence electrons. The van der Waals surface area contributed by atoms with Crippen molar-refractivity contribution in [3.63, 3.8) is 0 Å². The third-order valence-corrected chi connectivity index (χ3v) is 5.04. The van der Waals surface area contributed by atoms with Crippen molar-refractivity contribution in [3.8, 4) is 11.5 Å². The Morgan fingerprint density at radius 1 is 1.37 bits per heavy atom. The largest absolute Gasteiger partial charge is 0.496 e. The first-order chi connectivity index (χ1) is 12.8. The van der Waals surface area contributed by atoms with Crippen LogP contribution in [-0.4, -0.2) is 51.9 Å². The lowest BCUT2D eigenvalue weighted by Gasteiger charge is -2.13. The van der Waals surface area contributed by atoms with Crippen LogP contribution in [0.5, 0.6) is 11.5 Å². The molecule has 11 heteroatoms. The Morgan fingerprint density at radius 2 is 2.04 bits per heavy atom. The summed E-state index contributed by atoms with van der Waals surface area (Å²) in [5, 5.41) is 19.9. The number of nitro groups is 1. The van der Waals surface area contributed by atoms with Crippen molar-refractivity contribution in [1.82, 2.24) is 4.90 Å². The number of hydrogen-bond donors (Lipinski definition) is 1. The molecule has 1 amide bonds. The van der Waals surface area contributed by atoms with E-state index in [1.165, 1.54) is 37.3 Å². The molecule has 1 N–H and O–H groups in total. The second-order valence-electron chi connectivity index (χ2n) is 5.35. The zero-order chi connectivity index (χ0) is 20.1. The van der Waals surface area contributed by atoms with Crippen LogP contribution in [0.4, 0.5) is 5.69 Å². The third-order valence-electron chi connectivity index (χ3n) is 3.66. The number of aliphatic carboxylic acids is 1. The molecule has 1 fully saturated rings. The number of hydrogen-bond acceptors (Lipinski definition) is 8. The summed E-state index contributed by atoms with van der Waals surface area (Å²) in [6.45, 7) is 0.189. The van der Waals surface area contributed by atoms with Gasteiger partial charge in [0.25, 0.3) is 5.91 Å². The Hall–Kier alpha value is -2.66. The van der Waals surface area contributed by atoms with Gasteiger partial charge in [0.15, 0.2) is 0 Å². The van der Waals surface area contributed by atoms with Crippen molar-refractivity contribution < 1.29 is 29.1 Å². The van der Waals surface area contributed by atoms with Crippen molar-refractivity contribution in [2.45, 2.75) is 12.8 Å². The number of carboxylic acid groups (broad SMARTS) is 1. The standard InChI is InChI=1S/C16H16N2O7S2/c1-24-11-8-12(25-2)10(18(22)23)6-9(11)7-13-15(21)17(16(26)27-13)5-3-4-14(19)20/h6-8H,3-5H2,1-2H3,(H,19,20)/b13-7-. The van der Waals surface area contributed by atoms with Crippen LogP contribution in [-0.2, 0) is 9.59 Å². The topological polar surface area (TPSA) is 119 Å². The summed E-state index contributed by atoms with van der Waals surface area (Å²) in [7, 11) is 2.71. The third kappa shape index (κ3) is 4.74. The van der Waals surface area contributed by atoms with Crippen LogP contribution in [0.2, 0.25) is 0 Å². The fourth-order valence-electron chi connectivity index (χ4n) is 2.38. The predicted octanol–water partition coefficient (Wildman–Crippen LogP) is 2.68. The van der Waals surface area contributed by atoms with Crippen LogP contribution in [0.1, 0.15) is 18.4 Å². The lowest BCUT2D eigenvalue weighted by atomic mass is 10.1. The Bertz CT molecular complexity index is 838. The monoisotopic (exact) mass is 412 g/mol. The summed E-state index contributed by atoms with van der Waals surface area (Å²) in [4.78, 5) is 35.4. The van der Waals surface area contributed by atoms with Gasteiger partial charge >= 0.3 is 11.7 Å². The van der Waals surface area contributed by atoms with Gasteiger partial charge in [-0.3, -0.25) is 24.6 Å². The number of nitro benzene ring substituents is 1. The van der Waals surface area contributed by atoms with Crippen LogP contribution in [0.3, 0.4) is 0 Å². The highest BCUT2D eigenvalue weighted by Crippen LogP contribution is 2.38. The molecular formula is C16H16N2O7S2. The molecule has 2 rings (SSSR count). The molecule has 0 unspecified atom stereocenters. The fourth-order valence-corrected chi connectivity index (χ4v) is 3.68. The number of methoxy groups -OCH3 is 2. The lowest BCUT2D eigenvalue weighted by Crippen LogP contribution is -2.29. The molecule has 1 aliphatic rings. The van der Waals surface area contributed by atoms with E-state index >= 15 is 0 Å². The quantitative estimate of drug-likeness (QED) is 0.297. The molecule has 0 atom stereocenters. The van der Waals surface area contributed by atoms with E-state index in [2.05, 4.69) is 0 Å². The van der Waals surface area contributed by atoms with Gasteiger partial charge in [-0.1, -0.05) is 24.0 Å². The average Bonchev–Trinajstić information content (AvgIpc) is 2.88. The first-order valence-corrected chi connectivity index (χ1v) is 8.88. The minimum atomic E-state index is -0.953. The van der Waals surface area contributed by atoms with Crippen LogP contribution >= 0.6 is 24.0 Å². The fraction of sp³-hybridized carbons (Fsp3) is 0.312. The first-order valence-electron chi connectivity index (χ1n) is 7.66. The van der Waals surface area contributed by atoms with Gasteiger partial charge in [0.1, 0.15) is 10.1 Å². The molecule has 1 aliphatic heterocycles. The van der Waals surface area contributed by atoms with Gasteiger partial charge < -0.3 is 14.6 Å². The van der Waals surface area contributed by atoms with Gasteiger partial charge in [-0.15, -0.1) is 0 Å². The molecular weight excluding hydrogens is 396 g/mol. The Balaban J connectivity index is 2.33. The van der Waals surface area contributed by atoms with Gasteiger partial charge in [0.2, 0.25) is 5.75 Å². The average molecular weight is 412 g/mol. The first kappa shape index (κ1) is 20.6. The zero-order valence-electron chi connectivity index (χ0n) is 14.5. The van der Waals surface area contributed by atoms with E-state index in [0.717, 1.165) is 11.8 Å². The van der Waals surface area contributed by atoms with Crippen LogP contribution < -0.4 is 9.47 Å². The summed E-state index contributed by atoms with van der Waals surface area (Å²) in [5.41, 5.74) is 0.0672. The van der Waals surface area contributed by atoms with E-state index in [1.54, 1.807) is 0 Å². The normalized spacial score (nSPS) is 15.3. The van der Waals surface area contributed by atoms with Gasteiger partial charge in [-0.25, -0.2) is 0 Å². The summed E-state index contributed by atoms with van der Waals surface area (Å²) in [6, 6.07) is 2.63. The predicted molar refractivity (Wildman–Crippen MR) is 103 cm³/mol. The number of rotatable bonds is 8. The highest BCUT2D eigenvalue weighted by atomic mass is 32.2. The van der Waals surface area contributed by atoms with Crippen LogP contribution in [0, 0.1) is 10.1 Å². The maximum Gasteiger partial charge on any atom is 0.311 e. The minimum Gasteiger partial charge on any atom is -0.496 e. The van der Waals surface area contributed by atoms with Crippen LogP contribution in [0.25, 0.3) is 6.08 Å². The second-order valence-corrected chi connectivity index (χ2v) is 7.03. The summed E-state index contributed by atoms with van der Waals surface area (Å²) < 4.78 is 10.5. The Morgan fingerprint density at radius 3 is 2.59 bits per heavy atom. The van der Waals surface area contributed by atoms with Gasteiger partial charge in [0, 0.05) is 30.7 Å². The highest BCUT2D eigenvalue weighted by molar-refractivity contribution is 8.26. The molecule has 0 bridgehead atoms. The molecule has 27 heavy (non-hydrogen) atoms. The molecule has 0 aliphatic carbocycles. The highest BCUT2D eigenvalue weighted by Gasteiger charge is 2.32. The summed E-state index contributed by atoms with van der Waals surface area (Å²) in [6.07, 6.45) is 1.66. The van der Waals surface area contributed by atoms with Crippen LogP contribution in [0.15, 0.2) is 17.0 Å². The van der Waals surface area contributed by atoms with E-state index in [-0.39, 0.29) is 41.6 Å². The van der Waals surface area contributed by atoms with E-state index in [1.807, 2.05) is 0 Å². The smallest absolute Gasteiger partial charge is 0.311 e. The molecule has 9 nitrogen and oxygen atoms in total. The maximum absolute atomic E-state index is 12.5. The molecule has 0 saturated carbocycles. The van der Waals surface area contributed by atoms with Gasteiger partial charge in [0.05, 0.1) is 24.0 Å². The van der Waals surface area contributed by atoms with Gasteiger partial charge in [-0.2, -0.15) is 0 Å². The number of thioether (sulfide) groups is 1. The summed E-state index contributed by atoms with van der Waals surface area (Å²) in [5.74, 6) is -0.994. The van der Waals surface area contributed by atoms with Gasteiger partial charge in [-0.05, 0) is 12.5 Å². The lowest BCUT2D eigenvalue weighted by molar-refractivity contribution is -0.385. The van der Waals surface area contributed by atoms with E-state index < -0.39 is 10.9 Å². The number of ether oxygens (including phenoxy) is 2. The SMILES string of the molecule is COc1cc(OC)c([N+](=O)[O-])cc1/C=C1\SC(=S)N(CCCC(=O)O)C1=O. The zero-order valence-corrected chi connectivity index (χ0v) is 16.1. The molecule has 1 aromatic carbocycles. The number of carbonyl (C=O) groups excluding carboxylic acids is 1. The minimum absolute atomic E-state index is 0.0372. The number of carbonyl (C=O) groups is 2. The number of amides is 1. The van der Waals surface area contributed by atoms with E-state index in [0.29, 0.717) is 15.6 Å². The molecule has 1 saturated heterocycles. The number of benzene rings is 1. The molecule has 0 aromatic heterocycles. The Labute approximate surface area is 164 Å². The number of nitrogens with zero attached hydrogens (tertiary/aromatic N) is 2. The second kappa shape index (κ2) is 8.82. The van der Waals surface area contributed by atoms with E-state index in [9.17, 15) is 19.7 Å².